The fourth-order valence-electron chi connectivity index (χ4n) is 1.45. The molecule has 0 aliphatic carbocycles. The van der Waals surface area contributed by atoms with Crippen LogP contribution in [0, 0.1) is 10.5 Å². The van der Waals surface area contributed by atoms with Gasteiger partial charge in [-0.2, -0.15) is 0 Å². The van der Waals surface area contributed by atoms with Gasteiger partial charge in [0.1, 0.15) is 9.39 Å². The van der Waals surface area contributed by atoms with Crippen molar-refractivity contribution in [2.45, 2.75) is 19.9 Å². The molecule has 90 valence electrons. The molecule has 2 N–H and O–H groups in total. The van der Waals surface area contributed by atoms with E-state index in [4.69, 9.17) is 0 Å². The summed E-state index contributed by atoms with van der Waals surface area (Å²) in [6.07, 6.45) is 1.42. The molecule has 2 aromatic rings. The van der Waals surface area contributed by atoms with Crippen LogP contribution in [-0.2, 0) is 0 Å². The zero-order valence-corrected chi connectivity index (χ0v) is 12.4. The molecule has 2 rings (SSSR count). The quantitative estimate of drug-likeness (QED) is 0.827. The Kier molecular flexibility index (Phi) is 3.82. The van der Waals surface area contributed by atoms with Crippen molar-refractivity contribution in [2.75, 3.05) is 5.32 Å². The van der Waals surface area contributed by atoms with Crippen LogP contribution in [0.25, 0.3) is 0 Å². The van der Waals surface area contributed by atoms with Crippen molar-refractivity contribution in [3.05, 3.63) is 42.1 Å². The van der Waals surface area contributed by atoms with E-state index in [1.165, 1.54) is 16.1 Å². The van der Waals surface area contributed by atoms with Gasteiger partial charge >= 0.3 is 0 Å². The molecule has 1 unspecified atom stereocenters. The lowest BCUT2D eigenvalue weighted by molar-refractivity contribution is 0.887. The summed E-state index contributed by atoms with van der Waals surface area (Å²) < 4.78 is 0.588. The van der Waals surface area contributed by atoms with Crippen molar-refractivity contribution in [3.63, 3.8) is 0 Å². The van der Waals surface area contributed by atoms with Crippen molar-refractivity contribution in [3.8, 4) is 0 Å². The lowest BCUT2D eigenvalue weighted by atomic mass is 10.2. The summed E-state index contributed by atoms with van der Waals surface area (Å²) in [5, 5.41) is 3.25. The Morgan fingerprint density at radius 1 is 1.53 bits per heavy atom. The average Bonchev–Trinajstić information content (AvgIpc) is 2.72. The second-order valence-electron chi connectivity index (χ2n) is 3.71. The number of nitrogens with one attached hydrogen (secondary N) is 2. The van der Waals surface area contributed by atoms with Crippen LogP contribution in [0.5, 0.6) is 0 Å². The van der Waals surface area contributed by atoms with E-state index in [1.807, 2.05) is 22.6 Å². The first-order valence-electron chi connectivity index (χ1n) is 5.14. The lowest BCUT2D eigenvalue weighted by Crippen LogP contribution is -2.16. The van der Waals surface area contributed by atoms with E-state index in [0.717, 1.165) is 0 Å². The molecular weight excluding hydrogens is 349 g/mol. The summed E-state index contributed by atoms with van der Waals surface area (Å²) in [6, 6.07) is 4.34. The molecule has 0 radical (unpaired) electrons. The molecule has 0 amide bonds. The number of halogens is 1. The molecule has 0 fully saturated rings. The Hall–Kier alpha value is -0.890. The summed E-state index contributed by atoms with van der Waals surface area (Å²) in [4.78, 5) is 20.6. The molecule has 0 aromatic carbocycles. The van der Waals surface area contributed by atoms with Crippen LogP contribution >= 0.6 is 33.9 Å². The van der Waals surface area contributed by atoms with E-state index in [2.05, 4.69) is 41.3 Å². The molecule has 0 bridgehead atoms. The Bertz CT molecular complexity index is 578. The number of anilines is 1. The third kappa shape index (κ3) is 2.86. The summed E-state index contributed by atoms with van der Waals surface area (Å²) in [6.45, 7) is 4.14. The third-order valence-corrected chi connectivity index (χ3v) is 4.52. The number of hydrogen-bond donors (Lipinski definition) is 2. The largest absolute Gasteiger partial charge is 0.362 e. The van der Waals surface area contributed by atoms with E-state index in [0.29, 0.717) is 9.39 Å². The van der Waals surface area contributed by atoms with Crippen LogP contribution in [0.2, 0.25) is 0 Å². The molecular formula is C11H12IN3OS. The predicted octanol–water partition coefficient (Wildman–Crippen LogP) is 2.92. The van der Waals surface area contributed by atoms with Crippen LogP contribution in [0.1, 0.15) is 22.7 Å². The van der Waals surface area contributed by atoms with Crippen LogP contribution < -0.4 is 10.9 Å². The monoisotopic (exact) mass is 361 g/mol. The topological polar surface area (TPSA) is 57.8 Å². The molecule has 4 nitrogen and oxygen atoms in total. The minimum absolute atomic E-state index is 0.113. The number of nitrogens with zero attached hydrogens (tertiary/aromatic N) is 1. The Morgan fingerprint density at radius 3 is 2.94 bits per heavy atom. The molecule has 17 heavy (non-hydrogen) atoms. The van der Waals surface area contributed by atoms with E-state index in [-0.39, 0.29) is 11.6 Å². The lowest BCUT2D eigenvalue weighted by Gasteiger charge is -2.13. The number of aromatic amines is 1. The smallest absolute Gasteiger partial charge is 0.266 e. The standard InChI is InChI=1S/C11H12IN3OS/c1-6-3-4-8(17-6)7(2)15-10-9(12)11(16)14-5-13-10/h3-5,7H,1-2H3,(H2,13,14,15,16). The highest BCUT2D eigenvalue weighted by molar-refractivity contribution is 14.1. The van der Waals surface area contributed by atoms with E-state index in [9.17, 15) is 4.79 Å². The van der Waals surface area contributed by atoms with Gasteiger partial charge in [0, 0.05) is 9.75 Å². The molecule has 1 atom stereocenters. The number of aryl methyl sites for hydroxylation is 1. The first-order valence-corrected chi connectivity index (χ1v) is 7.03. The summed E-state index contributed by atoms with van der Waals surface area (Å²) in [5.41, 5.74) is -0.113. The minimum atomic E-state index is -0.113. The maximum absolute atomic E-state index is 11.4. The number of aromatic nitrogens is 2. The van der Waals surface area contributed by atoms with Crippen LogP contribution in [0.3, 0.4) is 0 Å². The maximum atomic E-state index is 11.4. The fraction of sp³-hybridized carbons (Fsp3) is 0.273. The number of hydrogen-bond acceptors (Lipinski definition) is 4. The molecule has 6 heteroatoms. The summed E-state index contributed by atoms with van der Waals surface area (Å²) >= 11 is 3.74. The first kappa shape index (κ1) is 12.6. The van der Waals surface area contributed by atoms with Gasteiger partial charge in [-0.3, -0.25) is 4.79 Å². The van der Waals surface area contributed by atoms with Gasteiger partial charge in [-0.05, 0) is 48.6 Å². The van der Waals surface area contributed by atoms with Gasteiger partial charge in [-0.15, -0.1) is 11.3 Å². The molecule has 0 saturated heterocycles. The van der Waals surface area contributed by atoms with Gasteiger partial charge in [0.2, 0.25) is 0 Å². The number of thiophene rings is 1. The molecule has 2 heterocycles. The fourth-order valence-corrected chi connectivity index (χ4v) is 2.78. The van der Waals surface area contributed by atoms with Gasteiger partial charge in [0.15, 0.2) is 0 Å². The second kappa shape index (κ2) is 5.18. The Balaban J connectivity index is 2.21. The highest BCUT2D eigenvalue weighted by Gasteiger charge is 2.11. The van der Waals surface area contributed by atoms with Gasteiger partial charge < -0.3 is 10.3 Å². The highest BCUT2D eigenvalue weighted by atomic mass is 127. The van der Waals surface area contributed by atoms with E-state index < -0.39 is 0 Å². The van der Waals surface area contributed by atoms with E-state index >= 15 is 0 Å². The van der Waals surface area contributed by atoms with Crippen molar-refractivity contribution in [1.82, 2.24) is 9.97 Å². The Morgan fingerprint density at radius 2 is 2.29 bits per heavy atom. The normalized spacial score (nSPS) is 12.4. The SMILES string of the molecule is Cc1ccc(C(C)Nc2nc[nH]c(=O)c2I)s1. The molecule has 0 aliphatic rings. The average molecular weight is 361 g/mol. The Labute approximate surface area is 117 Å². The summed E-state index contributed by atoms with van der Waals surface area (Å²) in [5.74, 6) is 0.632. The summed E-state index contributed by atoms with van der Waals surface area (Å²) in [7, 11) is 0. The minimum Gasteiger partial charge on any atom is -0.362 e. The molecule has 0 saturated carbocycles. The predicted molar refractivity (Wildman–Crippen MR) is 78.7 cm³/mol. The van der Waals surface area contributed by atoms with Crippen LogP contribution in [-0.4, -0.2) is 9.97 Å². The molecule has 0 aliphatic heterocycles. The van der Waals surface area contributed by atoms with Crippen molar-refractivity contribution in [2.24, 2.45) is 0 Å². The third-order valence-electron chi connectivity index (χ3n) is 2.34. The van der Waals surface area contributed by atoms with Gasteiger partial charge in [-0.1, -0.05) is 0 Å². The van der Waals surface area contributed by atoms with Gasteiger partial charge in [0.05, 0.1) is 12.4 Å². The molecule has 2 aromatic heterocycles. The maximum Gasteiger partial charge on any atom is 0.266 e. The van der Waals surface area contributed by atoms with Crippen molar-refractivity contribution in [1.29, 1.82) is 0 Å². The highest BCUT2D eigenvalue weighted by Crippen LogP contribution is 2.25. The first-order chi connectivity index (χ1) is 8.08. The van der Waals surface area contributed by atoms with Gasteiger partial charge in [-0.25, -0.2) is 4.98 Å². The molecule has 0 spiro atoms. The van der Waals surface area contributed by atoms with E-state index in [1.54, 1.807) is 11.3 Å². The zero-order valence-electron chi connectivity index (χ0n) is 9.45. The van der Waals surface area contributed by atoms with Crippen molar-refractivity contribution < 1.29 is 0 Å². The second-order valence-corrected chi connectivity index (χ2v) is 6.11. The van der Waals surface area contributed by atoms with Gasteiger partial charge in [0.25, 0.3) is 5.56 Å². The van der Waals surface area contributed by atoms with Crippen molar-refractivity contribution >= 4 is 39.7 Å². The number of H-pyrrole nitrogens is 1. The number of rotatable bonds is 3. The van der Waals surface area contributed by atoms with Crippen LogP contribution in [0.15, 0.2) is 23.3 Å². The zero-order chi connectivity index (χ0) is 12.4. The van der Waals surface area contributed by atoms with Crippen LogP contribution in [0.4, 0.5) is 5.82 Å².